The molecule has 1 aliphatic carbocycles. The van der Waals surface area contributed by atoms with E-state index in [1.54, 1.807) is 0 Å². The molecule has 116 valence electrons. The van der Waals surface area contributed by atoms with Crippen LogP contribution < -0.4 is 5.32 Å². The third-order valence-corrected chi connectivity index (χ3v) is 4.89. The summed E-state index contributed by atoms with van der Waals surface area (Å²) in [6, 6.07) is 1.50. The van der Waals surface area contributed by atoms with Gasteiger partial charge in [0, 0.05) is 18.3 Å². The number of amides is 1. The molecule has 0 spiro atoms. The van der Waals surface area contributed by atoms with E-state index < -0.39 is 0 Å². The Morgan fingerprint density at radius 2 is 2.00 bits per heavy atom. The molecule has 1 aliphatic rings. The molecule has 1 saturated carbocycles. The van der Waals surface area contributed by atoms with E-state index in [1.807, 2.05) is 0 Å². The van der Waals surface area contributed by atoms with Gasteiger partial charge in [-0.1, -0.05) is 42.5 Å². The van der Waals surface area contributed by atoms with Gasteiger partial charge in [-0.25, -0.2) is 4.98 Å². The van der Waals surface area contributed by atoms with Crippen molar-refractivity contribution >= 4 is 29.1 Å². The van der Waals surface area contributed by atoms with E-state index in [1.165, 1.54) is 31.5 Å². The smallest absolute Gasteiger partial charge is 0.253 e. The summed E-state index contributed by atoms with van der Waals surface area (Å²) < 4.78 is 0. The van der Waals surface area contributed by atoms with Gasteiger partial charge in [0.15, 0.2) is 0 Å². The number of nitrogens with zero attached hydrogens (tertiary/aromatic N) is 2. The summed E-state index contributed by atoms with van der Waals surface area (Å²) in [5.41, 5.74) is 0.415. The van der Waals surface area contributed by atoms with Crippen LogP contribution in [0.3, 0.4) is 0 Å². The second-order valence-corrected chi connectivity index (χ2v) is 6.64. The van der Waals surface area contributed by atoms with Crippen LogP contribution in [0.1, 0.15) is 42.5 Å². The Kier molecular flexibility index (Phi) is 5.47. The van der Waals surface area contributed by atoms with Crippen molar-refractivity contribution in [3.05, 3.63) is 28.0 Å². The van der Waals surface area contributed by atoms with Crippen LogP contribution in [0, 0.1) is 0 Å². The lowest BCUT2D eigenvalue weighted by Gasteiger charge is -2.43. The topological polar surface area (TPSA) is 45.2 Å². The SMILES string of the molecule is CN(C)C1(CNC(=O)c2cc(Cl)ncc2Cl)CCCCC1. The Hall–Kier alpha value is -0.840. The fourth-order valence-corrected chi connectivity index (χ4v) is 3.27. The van der Waals surface area contributed by atoms with E-state index in [0.29, 0.717) is 17.1 Å². The number of hydrogen-bond donors (Lipinski definition) is 1. The molecule has 1 aromatic rings. The van der Waals surface area contributed by atoms with Crippen molar-refractivity contribution in [3.63, 3.8) is 0 Å². The van der Waals surface area contributed by atoms with Crippen molar-refractivity contribution in [2.45, 2.75) is 37.6 Å². The van der Waals surface area contributed by atoms with Crippen LogP contribution in [-0.4, -0.2) is 42.0 Å². The number of rotatable bonds is 4. The Bertz CT molecular complexity index is 514. The van der Waals surface area contributed by atoms with E-state index in [2.05, 4.69) is 29.3 Å². The van der Waals surface area contributed by atoms with E-state index in [-0.39, 0.29) is 16.6 Å². The number of carbonyl (C=O) groups is 1. The van der Waals surface area contributed by atoms with Gasteiger partial charge in [0.25, 0.3) is 5.91 Å². The summed E-state index contributed by atoms with van der Waals surface area (Å²) in [4.78, 5) is 18.4. The highest BCUT2D eigenvalue weighted by molar-refractivity contribution is 6.35. The molecule has 0 atom stereocenters. The highest BCUT2D eigenvalue weighted by Gasteiger charge is 2.34. The predicted molar refractivity (Wildman–Crippen MR) is 86.1 cm³/mol. The lowest BCUT2D eigenvalue weighted by Crippen LogP contribution is -2.53. The Morgan fingerprint density at radius 3 is 2.62 bits per heavy atom. The molecule has 0 aromatic carbocycles. The van der Waals surface area contributed by atoms with Crippen LogP contribution in [0.25, 0.3) is 0 Å². The Morgan fingerprint density at radius 1 is 1.33 bits per heavy atom. The van der Waals surface area contributed by atoms with Crippen LogP contribution in [0.5, 0.6) is 0 Å². The zero-order valence-electron chi connectivity index (χ0n) is 12.5. The number of hydrogen-bond acceptors (Lipinski definition) is 3. The molecule has 1 heterocycles. The van der Waals surface area contributed by atoms with Gasteiger partial charge >= 0.3 is 0 Å². The summed E-state index contributed by atoms with van der Waals surface area (Å²) in [7, 11) is 4.15. The average molecular weight is 330 g/mol. The molecule has 0 aliphatic heterocycles. The van der Waals surface area contributed by atoms with Crippen molar-refractivity contribution in [2.75, 3.05) is 20.6 Å². The number of carbonyl (C=O) groups excluding carboxylic acids is 1. The van der Waals surface area contributed by atoms with Gasteiger partial charge in [0.05, 0.1) is 10.6 Å². The van der Waals surface area contributed by atoms with E-state index in [0.717, 1.165) is 12.8 Å². The van der Waals surface area contributed by atoms with Crippen LogP contribution in [0.4, 0.5) is 0 Å². The summed E-state index contributed by atoms with van der Waals surface area (Å²) in [5, 5.41) is 3.59. The van der Waals surface area contributed by atoms with Crippen LogP contribution in [0.15, 0.2) is 12.3 Å². The zero-order chi connectivity index (χ0) is 15.5. The fourth-order valence-electron chi connectivity index (χ4n) is 2.92. The van der Waals surface area contributed by atoms with Gasteiger partial charge in [-0.15, -0.1) is 0 Å². The first kappa shape index (κ1) is 16.5. The molecule has 1 N–H and O–H groups in total. The van der Waals surface area contributed by atoms with Crippen LogP contribution >= 0.6 is 23.2 Å². The number of aromatic nitrogens is 1. The molecule has 2 rings (SSSR count). The molecule has 0 bridgehead atoms. The standard InChI is InChI=1S/C15H21Cl2N3O/c1-20(2)15(6-4-3-5-7-15)10-19-14(21)11-8-13(17)18-9-12(11)16/h8-9H,3-7,10H2,1-2H3,(H,19,21). The molecule has 1 amide bonds. The predicted octanol–water partition coefficient (Wildman–Crippen LogP) is 3.38. The van der Waals surface area contributed by atoms with Crippen LogP contribution in [0.2, 0.25) is 10.2 Å². The number of likely N-dealkylation sites (N-methyl/N-ethyl adjacent to an activating group) is 1. The maximum atomic E-state index is 12.3. The molecular weight excluding hydrogens is 309 g/mol. The maximum Gasteiger partial charge on any atom is 0.253 e. The molecule has 1 fully saturated rings. The quantitative estimate of drug-likeness (QED) is 0.861. The van der Waals surface area contributed by atoms with E-state index in [9.17, 15) is 4.79 Å². The highest BCUT2D eigenvalue weighted by atomic mass is 35.5. The highest BCUT2D eigenvalue weighted by Crippen LogP contribution is 2.31. The largest absolute Gasteiger partial charge is 0.350 e. The maximum absolute atomic E-state index is 12.3. The zero-order valence-corrected chi connectivity index (χ0v) is 14.0. The number of pyridine rings is 1. The lowest BCUT2D eigenvalue weighted by atomic mass is 9.80. The molecule has 21 heavy (non-hydrogen) atoms. The van der Waals surface area contributed by atoms with E-state index >= 15 is 0 Å². The number of halogens is 2. The minimum absolute atomic E-state index is 0.0389. The Balaban J connectivity index is 2.07. The summed E-state index contributed by atoms with van der Waals surface area (Å²) in [6.07, 6.45) is 7.29. The molecule has 0 radical (unpaired) electrons. The Labute approximate surface area is 135 Å². The monoisotopic (exact) mass is 329 g/mol. The summed E-state index contributed by atoms with van der Waals surface area (Å²) in [5.74, 6) is -0.198. The second-order valence-electron chi connectivity index (χ2n) is 5.85. The van der Waals surface area contributed by atoms with Crippen molar-refractivity contribution < 1.29 is 4.79 Å². The van der Waals surface area contributed by atoms with Gasteiger partial charge in [-0.2, -0.15) is 0 Å². The minimum atomic E-state index is -0.198. The summed E-state index contributed by atoms with van der Waals surface area (Å²) in [6.45, 7) is 0.620. The summed E-state index contributed by atoms with van der Waals surface area (Å²) >= 11 is 11.8. The second kappa shape index (κ2) is 6.95. The minimum Gasteiger partial charge on any atom is -0.350 e. The van der Waals surface area contributed by atoms with Gasteiger partial charge in [0.1, 0.15) is 5.15 Å². The van der Waals surface area contributed by atoms with Crippen molar-refractivity contribution in [1.82, 2.24) is 15.2 Å². The van der Waals surface area contributed by atoms with Crippen LogP contribution in [-0.2, 0) is 0 Å². The normalized spacial score (nSPS) is 17.8. The van der Waals surface area contributed by atoms with Crippen molar-refractivity contribution in [1.29, 1.82) is 0 Å². The molecule has 6 heteroatoms. The lowest BCUT2D eigenvalue weighted by molar-refractivity contribution is 0.0799. The first-order chi connectivity index (χ1) is 9.94. The molecule has 0 unspecified atom stereocenters. The van der Waals surface area contributed by atoms with Crippen molar-refractivity contribution in [3.8, 4) is 0 Å². The number of nitrogens with one attached hydrogen (secondary N) is 1. The van der Waals surface area contributed by atoms with Gasteiger partial charge in [-0.05, 0) is 33.0 Å². The molecule has 4 nitrogen and oxygen atoms in total. The van der Waals surface area contributed by atoms with Crippen molar-refractivity contribution in [2.24, 2.45) is 0 Å². The molecule has 0 saturated heterocycles. The first-order valence-electron chi connectivity index (χ1n) is 7.21. The third kappa shape index (κ3) is 3.87. The van der Waals surface area contributed by atoms with Gasteiger partial charge < -0.3 is 10.2 Å². The average Bonchev–Trinajstić information content (AvgIpc) is 2.48. The first-order valence-corrected chi connectivity index (χ1v) is 7.97. The van der Waals surface area contributed by atoms with Gasteiger partial charge in [-0.3, -0.25) is 4.79 Å². The van der Waals surface area contributed by atoms with Gasteiger partial charge in [0.2, 0.25) is 0 Å². The third-order valence-electron chi connectivity index (χ3n) is 4.38. The van der Waals surface area contributed by atoms with E-state index in [4.69, 9.17) is 23.2 Å². The molecular formula is C15H21Cl2N3O. The molecule has 1 aromatic heterocycles. The fraction of sp³-hybridized carbons (Fsp3) is 0.600.